The van der Waals surface area contributed by atoms with Crippen molar-refractivity contribution >= 4 is 63.9 Å². The molecule has 0 radical (unpaired) electrons. The molecule has 0 saturated heterocycles. The van der Waals surface area contributed by atoms with E-state index in [0.29, 0.717) is 22.5 Å². The Bertz CT molecular complexity index is 1160. The van der Waals surface area contributed by atoms with Crippen LogP contribution in [0.25, 0.3) is 0 Å². The summed E-state index contributed by atoms with van der Waals surface area (Å²) in [5, 5.41) is 3.19. The number of amides is 3. The first-order valence-corrected chi connectivity index (χ1v) is 9.54. The van der Waals surface area contributed by atoms with Crippen LogP contribution < -0.4 is 10.2 Å². The van der Waals surface area contributed by atoms with Gasteiger partial charge >= 0.3 is 0 Å². The molecule has 4 rings (SSSR count). The third-order valence-corrected chi connectivity index (χ3v) is 5.58. The second-order valence-corrected chi connectivity index (χ2v) is 7.40. The Kier molecular flexibility index (Phi) is 5.04. The Morgan fingerprint density at radius 2 is 1.45 bits per heavy atom. The van der Waals surface area contributed by atoms with Gasteiger partial charge < -0.3 is 5.32 Å². The average molecular weight is 446 g/mol. The molecule has 3 amide bonds. The number of benzene rings is 3. The fraction of sp³-hybridized carbons (Fsp3) is 0. The van der Waals surface area contributed by atoms with E-state index in [0.717, 1.165) is 4.90 Å². The number of nitrogens with one attached hydrogen (secondary N) is 1. The van der Waals surface area contributed by atoms with Crippen LogP contribution >= 0.6 is 34.8 Å². The van der Waals surface area contributed by atoms with Crippen molar-refractivity contribution in [2.24, 2.45) is 0 Å². The van der Waals surface area contributed by atoms with Crippen LogP contribution in [0.1, 0.15) is 31.1 Å². The van der Waals surface area contributed by atoms with E-state index in [-0.39, 0.29) is 20.6 Å². The van der Waals surface area contributed by atoms with Crippen LogP contribution in [0.5, 0.6) is 0 Å². The van der Waals surface area contributed by atoms with E-state index >= 15 is 0 Å². The molecular weight excluding hydrogens is 435 g/mol. The fourth-order valence-electron chi connectivity index (χ4n) is 3.04. The van der Waals surface area contributed by atoms with Crippen molar-refractivity contribution in [2.45, 2.75) is 0 Å². The van der Waals surface area contributed by atoms with Crippen LogP contribution in [0.15, 0.2) is 60.7 Å². The maximum absolute atomic E-state index is 12.6. The molecule has 3 aromatic rings. The number of fused-ring (bicyclic) bond motifs is 1. The predicted molar refractivity (Wildman–Crippen MR) is 113 cm³/mol. The number of rotatable bonds is 3. The van der Waals surface area contributed by atoms with Gasteiger partial charge in [0.15, 0.2) is 0 Å². The van der Waals surface area contributed by atoms with Crippen molar-refractivity contribution in [1.82, 2.24) is 0 Å². The van der Waals surface area contributed by atoms with Gasteiger partial charge in [-0.05, 0) is 42.5 Å². The van der Waals surface area contributed by atoms with Gasteiger partial charge in [-0.15, -0.1) is 0 Å². The fourth-order valence-corrected chi connectivity index (χ4v) is 3.65. The number of carbonyl (C=O) groups is 3. The van der Waals surface area contributed by atoms with Gasteiger partial charge in [0.1, 0.15) is 0 Å². The van der Waals surface area contributed by atoms with E-state index in [2.05, 4.69) is 5.32 Å². The maximum atomic E-state index is 12.6. The number of nitrogens with zero attached hydrogens (tertiary/aromatic N) is 1. The molecule has 5 nitrogen and oxygen atoms in total. The number of anilines is 2. The molecule has 3 aromatic carbocycles. The first-order valence-electron chi connectivity index (χ1n) is 8.41. The van der Waals surface area contributed by atoms with Crippen molar-refractivity contribution in [3.63, 3.8) is 0 Å². The van der Waals surface area contributed by atoms with E-state index in [4.69, 9.17) is 34.8 Å². The molecule has 0 unspecified atom stereocenters. The van der Waals surface area contributed by atoms with Crippen molar-refractivity contribution in [2.75, 3.05) is 10.2 Å². The lowest BCUT2D eigenvalue weighted by Crippen LogP contribution is -2.29. The summed E-state index contributed by atoms with van der Waals surface area (Å²) in [6.07, 6.45) is 0. The predicted octanol–water partition coefficient (Wildman–Crippen LogP) is 5.70. The molecule has 1 heterocycles. The number of imide groups is 1. The van der Waals surface area contributed by atoms with Gasteiger partial charge in [0.25, 0.3) is 17.7 Å². The highest BCUT2D eigenvalue weighted by molar-refractivity contribution is 6.44. The SMILES string of the molecule is O=C(Nc1ccc(N2C(=O)c3ccccc3C2=O)cc1Cl)c1cccc(Cl)c1Cl. The second-order valence-electron chi connectivity index (χ2n) is 6.21. The summed E-state index contributed by atoms with van der Waals surface area (Å²) in [5.41, 5.74) is 1.47. The first-order chi connectivity index (χ1) is 13.9. The van der Waals surface area contributed by atoms with Gasteiger partial charge in [0.05, 0.1) is 43.1 Å². The molecule has 0 atom stereocenters. The molecular formula is C21H11Cl3N2O3. The van der Waals surface area contributed by atoms with Gasteiger partial charge in [-0.25, -0.2) is 4.90 Å². The molecule has 1 aliphatic rings. The lowest BCUT2D eigenvalue weighted by atomic mass is 10.1. The lowest BCUT2D eigenvalue weighted by molar-refractivity contribution is 0.0924. The van der Waals surface area contributed by atoms with Crippen LogP contribution in [0.2, 0.25) is 15.1 Å². The molecule has 1 aliphatic heterocycles. The highest BCUT2D eigenvalue weighted by Gasteiger charge is 2.36. The third-order valence-electron chi connectivity index (χ3n) is 4.45. The summed E-state index contributed by atoms with van der Waals surface area (Å²) >= 11 is 18.3. The van der Waals surface area contributed by atoms with Crippen LogP contribution in [0.3, 0.4) is 0 Å². The Hall–Kier alpha value is -2.86. The van der Waals surface area contributed by atoms with Gasteiger partial charge in [0, 0.05) is 0 Å². The van der Waals surface area contributed by atoms with Gasteiger partial charge in [-0.1, -0.05) is 53.0 Å². The summed E-state index contributed by atoms with van der Waals surface area (Å²) < 4.78 is 0. The maximum Gasteiger partial charge on any atom is 0.266 e. The molecule has 8 heteroatoms. The highest BCUT2D eigenvalue weighted by Crippen LogP contribution is 2.33. The van der Waals surface area contributed by atoms with Crippen molar-refractivity contribution in [3.8, 4) is 0 Å². The standard InChI is InChI=1S/C21H11Cl3N2O3/c22-15-7-3-6-14(18(15)24)19(27)25-17-9-8-11(10-16(17)23)26-20(28)12-4-1-2-5-13(12)21(26)29/h1-10H,(H,25,27). The van der Waals surface area contributed by atoms with Gasteiger partial charge in [0.2, 0.25) is 0 Å². The van der Waals surface area contributed by atoms with Gasteiger partial charge in [-0.3, -0.25) is 14.4 Å². The zero-order valence-corrected chi connectivity index (χ0v) is 16.8. The van der Waals surface area contributed by atoms with Crippen LogP contribution in [-0.4, -0.2) is 17.7 Å². The minimum absolute atomic E-state index is 0.130. The first kappa shape index (κ1) is 19.5. The van der Waals surface area contributed by atoms with E-state index in [1.54, 1.807) is 36.4 Å². The zero-order valence-electron chi connectivity index (χ0n) is 14.6. The van der Waals surface area contributed by atoms with Crippen molar-refractivity contribution in [3.05, 3.63) is 92.4 Å². The number of carbonyl (C=O) groups excluding carboxylic acids is 3. The lowest BCUT2D eigenvalue weighted by Gasteiger charge is -2.16. The van der Waals surface area contributed by atoms with Crippen LogP contribution in [-0.2, 0) is 0 Å². The Morgan fingerprint density at radius 3 is 2.07 bits per heavy atom. The Morgan fingerprint density at radius 1 is 0.793 bits per heavy atom. The van der Waals surface area contributed by atoms with Crippen molar-refractivity contribution < 1.29 is 14.4 Å². The molecule has 0 spiro atoms. The molecule has 29 heavy (non-hydrogen) atoms. The molecule has 1 N–H and O–H groups in total. The summed E-state index contributed by atoms with van der Waals surface area (Å²) in [6, 6.07) is 15.8. The average Bonchev–Trinajstić information content (AvgIpc) is 2.96. The quantitative estimate of drug-likeness (QED) is 0.526. The molecule has 0 aliphatic carbocycles. The topological polar surface area (TPSA) is 66.5 Å². The number of hydrogen-bond donors (Lipinski definition) is 1. The smallest absolute Gasteiger partial charge is 0.266 e. The molecule has 0 aromatic heterocycles. The van der Waals surface area contributed by atoms with E-state index < -0.39 is 17.7 Å². The summed E-state index contributed by atoms with van der Waals surface area (Å²) in [4.78, 5) is 38.8. The minimum Gasteiger partial charge on any atom is -0.321 e. The summed E-state index contributed by atoms with van der Waals surface area (Å²) in [7, 11) is 0. The summed E-state index contributed by atoms with van der Waals surface area (Å²) in [5.74, 6) is -1.35. The normalized spacial score (nSPS) is 12.9. The molecule has 0 bridgehead atoms. The highest BCUT2D eigenvalue weighted by atomic mass is 35.5. The van der Waals surface area contributed by atoms with Gasteiger partial charge in [-0.2, -0.15) is 0 Å². The summed E-state index contributed by atoms with van der Waals surface area (Å²) in [6.45, 7) is 0. The molecule has 0 saturated carbocycles. The zero-order chi connectivity index (χ0) is 20.7. The Balaban J connectivity index is 1.61. The molecule has 144 valence electrons. The van der Waals surface area contributed by atoms with Crippen molar-refractivity contribution in [1.29, 1.82) is 0 Å². The van der Waals surface area contributed by atoms with Crippen LogP contribution in [0.4, 0.5) is 11.4 Å². The molecule has 0 fully saturated rings. The number of hydrogen-bond acceptors (Lipinski definition) is 3. The monoisotopic (exact) mass is 444 g/mol. The van der Waals surface area contributed by atoms with E-state index in [1.807, 2.05) is 0 Å². The second kappa shape index (κ2) is 7.52. The largest absolute Gasteiger partial charge is 0.321 e. The third kappa shape index (κ3) is 3.38. The minimum atomic E-state index is -0.493. The van der Waals surface area contributed by atoms with E-state index in [9.17, 15) is 14.4 Å². The van der Waals surface area contributed by atoms with Crippen LogP contribution in [0, 0.1) is 0 Å². The number of halogens is 3. The Labute approximate surface area is 180 Å². The van der Waals surface area contributed by atoms with E-state index in [1.165, 1.54) is 24.3 Å².